The predicted octanol–water partition coefficient (Wildman–Crippen LogP) is 1.81. The standard InChI is InChI=1S/C12H15F2NO3/c1-18-10(7-12(16)15-17)5-3-8-2-4-9(13)6-11(8)14/h2,4,6,10,17H,3,5,7H2,1H3,(H,15,16). The molecule has 0 aliphatic carbocycles. The van der Waals surface area contributed by atoms with E-state index in [9.17, 15) is 13.6 Å². The van der Waals surface area contributed by atoms with Gasteiger partial charge in [0, 0.05) is 13.2 Å². The molecule has 0 fully saturated rings. The minimum Gasteiger partial charge on any atom is -0.381 e. The molecule has 0 aromatic heterocycles. The van der Waals surface area contributed by atoms with E-state index in [1.807, 2.05) is 0 Å². The Kier molecular flexibility index (Phi) is 5.67. The summed E-state index contributed by atoms with van der Waals surface area (Å²) in [5, 5.41) is 8.38. The summed E-state index contributed by atoms with van der Waals surface area (Å²) >= 11 is 0. The van der Waals surface area contributed by atoms with Crippen LogP contribution in [0.1, 0.15) is 18.4 Å². The van der Waals surface area contributed by atoms with Crippen molar-refractivity contribution in [1.29, 1.82) is 0 Å². The van der Waals surface area contributed by atoms with Gasteiger partial charge in [-0.1, -0.05) is 6.07 Å². The van der Waals surface area contributed by atoms with Gasteiger partial charge in [0.25, 0.3) is 0 Å². The number of hydrogen-bond donors (Lipinski definition) is 2. The molecule has 18 heavy (non-hydrogen) atoms. The molecule has 1 aromatic carbocycles. The molecule has 1 unspecified atom stereocenters. The van der Waals surface area contributed by atoms with Crippen molar-refractivity contribution in [3.8, 4) is 0 Å². The summed E-state index contributed by atoms with van der Waals surface area (Å²) in [6.07, 6.45) is 0.271. The minimum absolute atomic E-state index is 0.0180. The number of nitrogens with one attached hydrogen (secondary N) is 1. The third-order valence-corrected chi connectivity index (χ3v) is 2.62. The lowest BCUT2D eigenvalue weighted by Crippen LogP contribution is -2.26. The minimum atomic E-state index is -0.626. The number of carbonyl (C=O) groups excluding carboxylic acids is 1. The highest BCUT2D eigenvalue weighted by atomic mass is 19.1. The molecule has 6 heteroatoms. The SMILES string of the molecule is COC(CCc1ccc(F)cc1F)CC(=O)NO. The summed E-state index contributed by atoms with van der Waals surface area (Å²) in [5.41, 5.74) is 1.87. The van der Waals surface area contributed by atoms with E-state index in [0.29, 0.717) is 18.4 Å². The molecule has 0 radical (unpaired) electrons. The van der Waals surface area contributed by atoms with Crippen LogP contribution in [-0.4, -0.2) is 24.3 Å². The van der Waals surface area contributed by atoms with Gasteiger partial charge < -0.3 is 4.74 Å². The van der Waals surface area contributed by atoms with Crippen LogP contribution in [0.2, 0.25) is 0 Å². The lowest BCUT2D eigenvalue weighted by molar-refractivity contribution is -0.131. The number of methoxy groups -OCH3 is 1. The van der Waals surface area contributed by atoms with E-state index in [4.69, 9.17) is 9.94 Å². The van der Waals surface area contributed by atoms with Gasteiger partial charge in [-0.15, -0.1) is 0 Å². The van der Waals surface area contributed by atoms with E-state index >= 15 is 0 Å². The molecule has 100 valence electrons. The second kappa shape index (κ2) is 7.03. The van der Waals surface area contributed by atoms with Gasteiger partial charge in [-0.3, -0.25) is 10.0 Å². The molecule has 4 nitrogen and oxygen atoms in total. The van der Waals surface area contributed by atoms with E-state index in [1.165, 1.54) is 24.7 Å². The summed E-state index contributed by atoms with van der Waals surface area (Å²) in [6, 6.07) is 3.36. The van der Waals surface area contributed by atoms with Crippen LogP contribution in [0.3, 0.4) is 0 Å². The number of ether oxygens (including phenoxy) is 1. The molecule has 0 spiro atoms. The molecule has 2 N–H and O–H groups in total. The van der Waals surface area contributed by atoms with E-state index < -0.39 is 23.6 Å². The van der Waals surface area contributed by atoms with Gasteiger partial charge in [-0.25, -0.2) is 14.3 Å². The molecule has 0 aliphatic rings. The fraction of sp³-hybridized carbons (Fsp3) is 0.417. The fourth-order valence-corrected chi connectivity index (χ4v) is 1.60. The lowest BCUT2D eigenvalue weighted by Gasteiger charge is -2.14. The maximum Gasteiger partial charge on any atom is 0.245 e. The predicted molar refractivity (Wildman–Crippen MR) is 60.0 cm³/mol. The number of carbonyl (C=O) groups is 1. The van der Waals surface area contributed by atoms with Crippen LogP contribution in [0, 0.1) is 11.6 Å². The average Bonchev–Trinajstić information content (AvgIpc) is 2.35. The molecule has 1 rings (SSSR count). The van der Waals surface area contributed by atoms with Gasteiger partial charge in [0.1, 0.15) is 11.6 Å². The average molecular weight is 259 g/mol. The Morgan fingerprint density at radius 1 is 1.50 bits per heavy atom. The summed E-state index contributed by atoms with van der Waals surface area (Å²) in [6.45, 7) is 0. The number of halogens is 2. The Balaban J connectivity index is 2.54. The van der Waals surface area contributed by atoms with Crippen molar-refractivity contribution >= 4 is 5.91 Å². The van der Waals surface area contributed by atoms with Gasteiger partial charge in [-0.05, 0) is 24.5 Å². The van der Waals surface area contributed by atoms with Crippen LogP contribution in [0.15, 0.2) is 18.2 Å². The highest BCUT2D eigenvalue weighted by molar-refractivity contribution is 5.75. The smallest absolute Gasteiger partial charge is 0.245 e. The summed E-state index contributed by atoms with van der Waals surface area (Å²) in [5.74, 6) is -1.81. The lowest BCUT2D eigenvalue weighted by atomic mass is 10.0. The van der Waals surface area contributed by atoms with Gasteiger partial charge in [0.05, 0.1) is 12.5 Å². The Labute approximate surface area is 104 Å². The van der Waals surface area contributed by atoms with Gasteiger partial charge in [-0.2, -0.15) is 0 Å². The Bertz CT molecular complexity index is 412. The van der Waals surface area contributed by atoms with Crippen molar-refractivity contribution in [2.45, 2.75) is 25.4 Å². The number of rotatable bonds is 6. The molecule has 0 saturated carbocycles. The molecule has 0 bridgehead atoms. The summed E-state index contributed by atoms with van der Waals surface area (Å²) in [4.78, 5) is 10.9. The zero-order valence-electron chi connectivity index (χ0n) is 9.95. The van der Waals surface area contributed by atoms with Gasteiger partial charge in [0.2, 0.25) is 5.91 Å². The van der Waals surface area contributed by atoms with Crippen LogP contribution in [0.5, 0.6) is 0 Å². The van der Waals surface area contributed by atoms with Gasteiger partial charge in [0.15, 0.2) is 0 Å². The van der Waals surface area contributed by atoms with Crippen molar-refractivity contribution in [3.63, 3.8) is 0 Å². The Hall–Kier alpha value is -1.53. The summed E-state index contributed by atoms with van der Waals surface area (Å²) < 4.78 is 31.1. The van der Waals surface area contributed by atoms with Crippen molar-refractivity contribution in [2.24, 2.45) is 0 Å². The van der Waals surface area contributed by atoms with Crippen LogP contribution in [0.25, 0.3) is 0 Å². The maximum atomic E-state index is 13.3. The first-order valence-electron chi connectivity index (χ1n) is 5.46. The van der Waals surface area contributed by atoms with Crippen molar-refractivity contribution in [3.05, 3.63) is 35.4 Å². The number of aryl methyl sites for hydroxylation is 1. The fourth-order valence-electron chi connectivity index (χ4n) is 1.60. The highest BCUT2D eigenvalue weighted by Crippen LogP contribution is 2.14. The number of hydrogen-bond acceptors (Lipinski definition) is 3. The highest BCUT2D eigenvalue weighted by Gasteiger charge is 2.14. The van der Waals surface area contributed by atoms with Gasteiger partial charge >= 0.3 is 0 Å². The van der Waals surface area contributed by atoms with E-state index in [1.54, 1.807) is 0 Å². The molecular formula is C12H15F2NO3. The zero-order valence-corrected chi connectivity index (χ0v) is 9.95. The molecule has 1 aromatic rings. The third-order valence-electron chi connectivity index (χ3n) is 2.62. The number of benzene rings is 1. The second-order valence-corrected chi connectivity index (χ2v) is 3.87. The van der Waals surface area contributed by atoms with E-state index in [0.717, 1.165) is 6.07 Å². The van der Waals surface area contributed by atoms with E-state index in [-0.39, 0.29) is 6.42 Å². The first-order valence-corrected chi connectivity index (χ1v) is 5.46. The molecule has 0 saturated heterocycles. The van der Waals surface area contributed by atoms with Crippen LogP contribution in [-0.2, 0) is 16.0 Å². The molecule has 0 aliphatic heterocycles. The first kappa shape index (κ1) is 14.5. The van der Waals surface area contributed by atoms with Crippen LogP contribution >= 0.6 is 0 Å². The zero-order chi connectivity index (χ0) is 13.5. The second-order valence-electron chi connectivity index (χ2n) is 3.87. The monoisotopic (exact) mass is 259 g/mol. The molecule has 1 atom stereocenters. The normalized spacial score (nSPS) is 12.2. The number of amides is 1. The molecular weight excluding hydrogens is 244 g/mol. The first-order chi connectivity index (χ1) is 8.56. The quantitative estimate of drug-likeness (QED) is 0.605. The van der Waals surface area contributed by atoms with Crippen molar-refractivity contribution < 1.29 is 23.5 Å². The number of hydroxylamine groups is 1. The largest absolute Gasteiger partial charge is 0.381 e. The van der Waals surface area contributed by atoms with Crippen LogP contribution < -0.4 is 5.48 Å². The molecule has 0 heterocycles. The van der Waals surface area contributed by atoms with E-state index in [2.05, 4.69) is 0 Å². The molecule has 1 amide bonds. The van der Waals surface area contributed by atoms with Crippen molar-refractivity contribution in [2.75, 3.05) is 7.11 Å². The Morgan fingerprint density at radius 2 is 2.22 bits per heavy atom. The van der Waals surface area contributed by atoms with Crippen LogP contribution in [0.4, 0.5) is 8.78 Å². The maximum absolute atomic E-state index is 13.3. The third kappa shape index (κ3) is 4.38. The topological polar surface area (TPSA) is 58.6 Å². The van der Waals surface area contributed by atoms with Crippen molar-refractivity contribution in [1.82, 2.24) is 5.48 Å². The Morgan fingerprint density at radius 3 is 2.78 bits per heavy atom. The summed E-state index contributed by atoms with van der Waals surface area (Å²) in [7, 11) is 1.43.